The highest BCUT2D eigenvalue weighted by Crippen LogP contribution is 2.32. The lowest BCUT2D eigenvalue weighted by Crippen LogP contribution is -2.47. The van der Waals surface area contributed by atoms with Gasteiger partial charge in [-0.1, -0.05) is 13.8 Å². The summed E-state index contributed by atoms with van der Waals surface area (Å²) < 4.78 is 28.3. The SMILES string of the molecule is CC1CCN(S(=O)(=O)N2CCC(C)(CN)C2)CC1.Cl. The number of rotatable bonds is 3. The Morgan fingerprint density at radius 3 is 2.26 bits per heavy atom. The minimum absolute atomic E-state index is 0. The molecule has 19 heavy (non-hydrogen) atoms. The van der Waals surface area contributed by atoms with Crippen LogP contribution in [0, 0.1) is 11.3 Å². The Balaban J connectivity index is 0.00000180. The molecule has 2 aliphatic heterocycles. The van der Waals surface area contributed by atoms with Crippen molar-refractivity contribution in [2.75, 3.05) is 32.7 Å². The van der Waals surface area contributed by atoms with Crippen molar-refractivity contribution in [1.82, 2.24) is 8.61 Å². The molecule has 0 radical (unpaired) electrons. The van der Waals surface area contributed by atoms with Crippen molar-refractivity contribution in [3.05, 3.63) is 0 Å². The van der Waals surface area contributed by atoms with Gasteiger partial charge >= 0.3 is 0 Å². The van der Waals surface area contributed by atoms with Crippen LogP contribution in [0.3, 0.4) is 0 Å². The van der Waals surface area contributed by atoms with Crippen molar-refractivity contribution < 1.29 is 8.42 Å². The minimum Gasteiger partial charge on any atom is -0.330 e. The van der Waals surface area contributed by atoms with Gasteiger partial charge in [-0.15, -0.1) is 12.4 Å². The van der Waals surface area contributed by atoms with Crippen LogP contribution < -0.4 is 5.73 Å². The summed E-state index contributed by atoms with van der Waals surface area (Å²) in [6, 6.07) is 0. The molecular weight excluding hydrogens is 286 g/mol. The third kappa shape index (κ3) is 3.61. The number of nitrogens with two attached hydrogens (primary N) is 1. The Kier molecular flexibility index (Phi) is 5.66. The van der Waals surface area contributed by atoms with Gasteiger partial charge in [0, 0.05) is 26.2 Å². The largest absolute Gasteiger partial charge is 0.330 e. The fraction of sp³-hybridized carbons (Fsp3) is 1.00. The summed E-state index contributed by atoms with van der Waals surface area (Å²) in [5.41, 5.74) is 5.69. The summed E-state index contributed by atoms with van der Waals surface area (Å²) in [4.78, 5) is 0. The summed E-state index contributed by atoms with van der Waals surface area (Å²) in [5, 5.41) is 0. The molecule has 1 unspecified atom stereocenters. The van der Waals surface area contributed by atoms with Gasteiger partial charge in [0.1, 0.15) is 0 Å². The van der Waals surface area contributed by atoms with Gasteiger partial charge in [0.05, 0.1) is 0 Å². The first-order chi connectivity index (χ1) is 8.37. The molecule has 2 rings (SSSR count). The molecule has 0 aromatic rings. The van der Waals surface area contributed by atoms with Gasteiger partial charge in [0.2, 0.25) is 0 Å². The number of hydrogen-bond donors (Lipinski definition) is 1. The quantitative estimate of drug-likeness (QED) is 0.847. The molecule has 2 N–H and O–H groups in total. The van der Waals surface area contributed by atoms with Crippen molar-refractivity contribution >= 4 is 22.6 Å². The van der Waals surface area contributed by atoms with Crippen LogP contribution in [0.15, 0.2) is 0 Å². The van der Waals surface area contributed by atoms with Crippen LogP contribution in [0.25, 0.3) is 0 Å². The zero-order valence-electron chi connectivity index (χ0n) is 11.8. The smallest absolute Gasteiger partial charge is 0.281 e. The van der Waals surface area contributed by atoms with Crippen molar-refractivity contribution in [3.63, 3.8) is 0 Å². The average Bonchev–Trinajstić information content (AvgIpc) is 2.74. The zero-order chi connectivity index (χ0) is 13.4. The molecule has 0 aromatic heterocycles. The number of piperidine rings is 1. The van der Waals surface area contributed by atoms with Crippen LogP contribution in [0.4, 0.5) is 0 Å². The highest BCUT2D eigenvalue weighted by molar-refractivity contribution is 7.86. The second-order valence-corrected chi connectivity index (χ2v) is 8.12. The van der Waals surface area contributed by atoms with Crippen LogP contribution >= 0.6 is 12.4 Å². The molecule has 0 aromatic carbocycles. The molecule has 7 heteroatoms. The Bertz CT molecular complexity index is 396. The normalized spacial score (nSPS) is 31.3. The summed E-state index contributed by atoms with van der Waals surface area (Å²) in [6.07, 6.45) is 2.81. The highest BCUT2D eigenvalue weighted by atomic mass is 35.5. The summed E-state index contributed by atoms with van der Waals surface area (Å²) in [7, 11) is -3.26. The lowest BCUT2D eigenvalue weighted by molar-refractivity contribution is 0.265. The first-order valence-electron chi connectivity index (χ1n) is 6.83. The molecule has 114 valence electrons. The lowest BCUT2D eigenvalue weighted by atomic mass is 9.90. The molecule has 0 bridgehead atoms. The number of halogens is 1. The van der Waals surface area contributed by atoms with E-state index in [9.17, 15) is 8.42 Å². The molecule has 0 saturated carbocycles. The topological polar surface area (TPSA) is 66.6 Å². The van der Waals surface area contributed by atoms with Crippen molar-refractivity contribution in [2.45, 2.75) is 33.1 Å². The number of nitrogens with zero attached hydrogens (tertiary/aromatic N) is 2. The fourth-order valence-electron chi connectivity index (χ4n) is 2.72. The Morgan fingerprint density at radius 2 is 1.79 bits per heavy atom. The molecule has 0 spiro atoms. The predicted octanol–water partition coefficient (Wildman–Crippen LogP) is 1.06. The second-order valence-electron chi connectivity index (χ2n) is 6.19. The van der Waals surface area contributed by atoms with Crippen molar-refractivity contribution in [1.29, 1.82) is 0 Å². The molecule has 2 fully saturated rings. The fourth-order valence-corrected chi connectivity index (χ4v) is 4.52. The van der Waals surface area contributed by atoms with E-state index in [0.717, 1.165) is 19.3 Å². The Morgan fingerprint density at radius 1 is 1.21 bits per heavy atom. The Labute approximate surface area is 123 Å². The van der Waals surface area contributed by atoms with E-state index >= 15 is 0 Å². The van der Waals surface area contributed by atoms with Gasteiger partial charge in [0.15, 0.2) is 0 Å². The first-order valence-corrected chi connectivity index (χ1v) is 8.22. The third-order valence-electron chi connectivity index (χ3n) is 4.41. The molecule has 2 heterocycles. The van der Waals surface area contributed by atoms with Gasteiger partial charge in [0.25, 0.3) is 10.2 Å². The van der Waals surface area contributed by atoms with Crippen molar-refractivity contribution in [2.24, 2.45) is 17.1 Å². The number of hydrogen-bond acceptors (Lipinski definition) is 3. The molecule has 2 aliphatic rings. The maximum Gasteiger partial charge on any atom is 0.281 e. The maximum absolute atomic E-state index is 12.5. The van der Waals surface area contributed by atoms with Crippen LogP contribution in [0.2, 0.25) is 0 Å². The molecule has 5 nitrogen and oxygen atoms in total. The van der Waals surface area contributed by atoms with E-state index in [1.165, 1.54) is 0 Å². The van der Waals surface area contributed by atoms with Crippen LogP contribution in [0.5, 0.6) is 0 Å². The highest BCUT2D eigenvalue weighted by Gasteiger charge is 2.41. The van der Waals surface area contributed by atoms with E-state index in [-0.39, 0.29) is 17.8 Å². The predicted molar refractivity (Wildman–Crippen MR) is 79.5 cm³/mol. The van der Waals surface area contributed by atoms with Crippen LogP contribution in [-0.4, -0.2) is 49.8 Å². The molecule has 2 saturated heterocycles. The summed E-state index contributed by atoms with van der Waals surface area (Å²) >= 11 is 0. The van der Waals surface area contributed by atoms with Crippen LogP contribution in [-0.2, 0) is 10.2 Å². The monoisotopic (exact) mass is 311 g/mol. The zero-order valence-corrected chi connectivity index (χ0v) is 13.5. The van der Waals surface area contributed by atoms with Gasteiger partial charge in [-0.05, 0) is 37.1 Å². The van der Waals surface area contributed by atoms with Gasteiger partial charge in [-0.3, -0.25) is 0 Å². The van der Waals surface area contributed by atoms with E-state index in [1.807, 2.05) is 0 Å². The second kappa shape index (κ2) is 6.26. The molecule has 0 aliphatic carbocycles. The Hall–Kier alpha value is 0.120. The van der Waals surface area contributed by atoms with Gasteiger partial charge in [-0.25, -0.2) is 0 Å². The van der Waals surface area contributed by atoms with E-state index in [4.69, 9.17) is 5.73 Å². The molecule has 0 amide bonds. The van der Waals surface area contributed by atoms with Gasteiger partial charge in [-0.2, -0.15) is 17.0 Å². The molecular formula is C12H26ClN3O2S. The standard InChI is InChI=1S/C12H25N3O2S.ClH/c1-11-3-6-14(7-4-11)18(16,17)15-8-5-12(2,9-13)10-15;/h11H,3-10,13H2,1-2H3;1H. The molecule has 1 atom stereocenters. The van der Waals surface area contributed by atoms with E-state index in [2.05, 4.69) is 13.8 Å². The van der Waals surface area contributed by atoms with E-state index in [1.54, 1.807) is 8.61 Å². The third-order valence-corrected chi connectivity index (χ3v) is 6.39. The maximum atomic E-state index is 12.5. The summed E-state index contributed by atoms with van der Waals surface area (Å²) in [5.74, 6) is 0.643. The van der Waals surface area contributed by atoms with E-state index < -0.39 is 10.2 Å². The van der Waals surface area contributed by atoms with Crippen molar-refractivity contribution in [3.8, 4) is 0 Å². The summed E-state index contributed by atoms with van der Waals surface area (Å²) in [6.45, 7) is 7.32. The average molecular weight is 312 g/mol. The minimum atomic E-state index is -3.26. The first kappa shape index (κ1) is 17.2. The van der Waals surface area contributed by atoms with E-state index in [0.29, 0.717) is 38.6 Å². The van der Waals surface area contributed by atoms with Crippen LogP contribution in [0.1, 0.15) is 33.1 Å². The van der Waals surface area contributed by atoms with Gasteiger partial charge < -0.3 is 5.73 Å². The lowest BCUT2D eigenvalue weighted by Gasteiger charge is -2.33.